The zero-order valence-electron chi connectivity index (χ0n) is 14.5. The van der Waals surface area contributed by atoms with Gasteiger partial charge in [-0.25, -0.2) is 4.68 Å². The molecule has 6 nitrogen and oxygen atoms in total. The lowest BCUT2D eigenvalue weighted by molar-refractivity contribution is -0.111. The minimum absolute atomic E-state index is 0.189. The van der Waals surface area contributed by atoms with Crippen LogP contribution in [0.3, 0.4) is 0 Å². The second-order valence-electron chi connectivity index (χ2n) is 5.89. The third-order valence-corrected chi connectivity index (χ3v) is 4.27. The van der Waals surface area contributed by atoms with Gasteiger partial charge in [0.2, 0.25) is 5.91 Å². The lowest BCUT2D eigenvalue weighted by atomic mass is 10.1. The SMILES string of the molecule is Cc1ccc(/C=C/C(=O)Nc2ccc(-n3ccc(C(N)=O)n3)cc2)cc1Cl. The number of benzene rings is 2. The molecule has 1 aromatic heterocycles. The number of halogens is 1. The molecule has 0 aliphatic heterocycles. The monoisotopic (exact) mass is 380 g/mol. The van der Waals surface area contributed by atoms with E-state index in [0.29, 0.717) is 10.7 Å². The Labute approximate surface area is 161 Å². The Morgan fingerprint density at radius 1 is 1.15 bits per heavy atom. The summed E-state index contributed by atoms with van der Waals surface area (Å²) < 4.78 is 1.53. The van der Waals surface area contributed by atoms with E-state index in [4.69, 9.17) is 17.3 Å². The summed E-state index contributed by atoms with van der Waals surface area (Å²) >= 11 is 6.08. The van der Waals surface area contributed by atoms with Gasteiger partial charge in [-0.1, -0.05) is 23.7 Å². The number of amides is 2. The predicted octanol–water partition coefficient (Wildman–Crippen LogP) is 3.58. The third-order valence-electron chi connectivity index (χ3n) is 3.86. The van der Waals surface area contributed by atoms with Crippen LogP contribution >= 0.6 is 11.6 Å². The van der Waals surface area contributed by atoms with Crippen molar-refractivity contribution in [3.05, 3.63) is 82.6 Å². The molecule has 0 aliphatic rings. The van der Waals surface area contributed by atoms with E-state index in [1.165, 1.54) is 10.8 Å². The highest BCUT2D eigenvalue weighted by molar-refractivity contribution is 6.31. The van der Waals surface area contributed by atoms with Crippen LogP contribution in [0, 0.1) is 6.92 Å². The zero-order chi connectivity index (χ0) is 19.4. The minimum atomic E-state index is -0.584. The van der Waals surface area contributed by atoms with Gasteiger partial charge in [0.15, 0.2) is 0 Å². The fraction of sp³-hybridized carbons (Fsp3) is 0.0500. The molecule has 3 N–H and O–H groups in total. The first-order chi connectivity index (χ1) is 12.9. The van der Waals surface area contributed by atoms with Gasteiger partial charge in [-0.2, -0.15) is 5.10 Å². The smallest absolute Gasteiger partial charge is 0.269 e. The van der Waals surface area contributed by atoms with Crippen LogP contribution < -0.4 is 11.1 Å². The number of primary amides is 1. The van der Waals surface area contributed by atoms with Gasteiger partial charge in [-0.15, -0.1) is 0 Å². The zero-order valence-corrected chi connectivity index (χ0v) is 15.3. The fourth-order valence-corrected chi connectivity index (χ4v) is 2.55. The average molecular weight is 381 g/mol. The van der Waals surface area contributed by atoms with Crippen molar-refractivity contribution in [3.8, 4) is 5.69 Å². The second kappa shape index (κ2) is 7.88. The number of nitrogens with two attached hydrogens (primary N) is 1. The molecular formula is C20H17ClN4O2. The first-order valence-electron chi connectivity index (χ1n) is 8.13. The Morgan fingerprint density at radius 3 is 2.52 bits per heavy atom. The van der Waals surface area contributed by atoms with Gasteiger partial charge in [0.05, 0.1) is 5.69 Å². The van der Waals surface area contributed by atoms with E-state index in [1.807, 2.05) is 19.1 Å². The molecule has 2 aromatic carbocycles. The maximum atomic E-state index is 12.1. The quantitative estimate of drug-likeness (QED) is 0.663. The molecule has 7 heteroatoms. The van der Waals surface area contributed by atoms with Crippen molar-refractivity contribution in [2.75, 3.05) is 5.32 Å². The summed E-state index contributed by atoms with van der Waals surface area (Å²) in [5.74, 6) is -0.839. The molecule has 0 radical (unpaired) electrons. The van der Waals surface area contributed by atoms with E-state index >= 15 is 0 Å². The number of carbonyl (C=O) groups is 2. The van der Waals surface area contributed by atoms with Crippen molar-refractivity contribution in [1.29, 1.82) is 0 Å². The van der Waals surface area contributed by atoms with Gasteiger partial charge < -0.3 is 11.1 Å². The van der Waals surface area contributed by atoms with Gasteiger partial charge in [-0.3, -0.25) is 9.59 Å². The highest BCUT2D eigenvalue weighted by Crippen LogP contribution is 2.18. The summed E-state index contributed by atoms with van der Waals surface area (Å²) in [7, 11) is 0. The summed E-state index contributed by atoms with van der Waals surface area (Å²) in [5, 5.41) is 7.52. The standard InChI is InChI=1S/C20H17ClN4O2/c1-13-2-3-14(12-17(13)21)4-9-19(26)23-15-5-7-16(8-6-15)25-11-10-18(24-25)20(22)27/h2-12H,1H3,(H2,22,27)(H,23,26)/b9-4+. The Morgan fingerprint density at radius 2 is 1.89 bits per heavy atom. The summed E-state index contributed by atoms with van der Waals surface area (Å²) in [5.41, 5.74) is 8.59. The molecule has 136 valence electrons. The molecule has 3 rings (SSSR count). The van der Waals surface area contributed by atoms with Crippen LogP contribution in [-0.2, 0) is 4.79 Å². The molecule has 0 aliphatic carbocycles. The number of hydrogen-bond donors (Lipinski definition) is 2. The maximum Gasteiger partial charge on any atom is 0.269 e. The number of aryl methyl sites for hydroxylation is 1. The van der Waals surface area contributed by atoms with Gasteiger partial charge in [-0.05, 0) is 60.5 Å². The molecule has 0 spiro atoms. The Bertz CT molecular complexity index is 1020. The molecule has 3 aromatic rings. The van der Waals surface area contributed by atoms with Crippen LogP contribution in [0.2, 0.25) is 5.02 Å². The summed E-state index contributed by atoms with van der Waals surface area (Å²) in [6.07, 6.45) is 4.79. The first kappa shape index (κ1) is 18.4. The van der Waals surface area contributed by atoms with E-state index in [-0.39, 0.29) is 11.6 Å². The number of carbonyl (C=O) groups excluding carboxylic acids is 2. The molecule has 1 heterocycles. The van der Waals surface area contributed by atoms with Crippen molar-refractivity contribution in [2.24, 2.45) is 5.73 Å². The van der Waals surface area contributed by atoms with E-state index in [9.17, 15) is 9.59 Å². The fourth-order valence-electron chi connectivity index (χ4n) is 2.37. The lowest BCUT2D eigenvalue weighted by Crippen LogP contribution is -2.12. The van der Waals surface area contributed by atoms with Crippen molar-refractivity contribution < 1.29 is 9.59 Å². The van der Waals surface area contributed by atoms with E-state index in [1.54, 1.807) is 48.7 Å². The van der Waals surface area contributed by atoms with E-state index in [2.05, 4.69) is 10.4 Å². The molecule has 0 unspecified atom stereocenters. The molecular weight excluding hydrogens is 364 g/mol. The largest absolute Gasteiger partial charge is 0.364 e. The lowest BCUT2D eigenvalue weighted by Gasteiger charge is -2.05. The van der Waals surface area contributed by atoms with Crippen LogP contribution in [0.5, 0.6) is 0 Å². The Kier molecular flexibility index (Phi) is 5.38. The Hall–Kier alpha value is -3.38. The maximum absolute atomic E-state index is 12.1. The van der Waals surface area contributed by atoms with Crippen LogP contribution in [0.15, 0.2) is 60.8 Å². The van der Waals surface area contributed by atoms with Crippen LogP contribution in [0.4, 0.5) is 5.69 Å². The highest BCUT2D eigenvalue weighted by Gasteiger charge is 2.06. The van der Waals surface area contributed by atoms with Crippen LogP contribution in [0.25, 0.3) is 11.8 Å². The van der Waals surface area contributed by atoms with Crippen molar-refractivity contribution >= 4 is 35.2 Å². The van der Waals surface area contributed by atoms with Crippen molar-refractivity contribution in [1.82, 2.24) is 9.78 Å². The number of nitrogens with one attached hydrogen (secondary N) is 1. The number of hydrogen-bond acceptors (Lipinski definition) is 3. The van der Waals surface area contributed by atoms with E-state index < -0.39 is 5.91 Å². The normalized spacial score (nSPS) is 10.9. The number of nitrogens with zero attached hydrogens (tertiary/aromatic N) is 2. The molecule has 0 saturated carbocycles. The number of rotatable bonds is 5. The van der Waals surface area contributed by atoms with E-state index in [0.717, 1.165) is 16.8 Å². The molecule has 0 fully saturated rings. The minimum Gasteiger partial charge on any atom is -0.364 e. The Balaban J connectivity index is 1.64. The van der Waals surface area contributed by atoms with Crippen LogP contribution in [-0.4, -0.2) is 21.6 Å². The van der Waals surface area contributed by atoms with Crippen molar-refractivity contribution in [2.45, 2.75) is 6.92 Å². The van der Waals surface area contributed by atoms with Crippen molar-refractivity contribution in [3.63, 3.8) is 0 Å². The first-order valence-corrected chi connectivity index (χ1v) is 8.51. The summed E-state index contributed by atoms with van der Waals surface area (Å²) in [6.45, 7) is 1.92. The average Bonchev–Trinajstić information content (AvgIpc) is 3.14. The summed E-state index contributed by atoms with van der Waals surface area (Å²) in [6, 6.07) is 14.2. The van der Waals surface area contributed by atoms with Gasteiger partial charge in [0.25, 0.3) is 5.91 Å². The molecule has 0 bridgehead atoms. The van der Waals surface area contributed by atoms with Gasteiger partial charge >= 0.3 is 0 Å². The van der Waals surface area contributed by atoms with Gasteiger partial charge in [0.1, 0.15) is 5.69 Å². The third kappa shape index (κ3) is 4.62. The molecule has 27 heavy (non-hydrogen) atoms. The van der Waals surface area contributed by atoms with Crippen LogP contribution in [0.1, 0.15) is 21.6 Å². The summed E-state index contributed by atoms with van der Waals surface area (Å²) in [4.78, 5) is 23.2. The second-order valence-corrected chi connectivity index (χ2v) is 6.30. The number of anilines is 1. The topological polar surface area (TPSA) is 90.0 Å². The molecule has 0 atom stereocenters. The van der Waals surface area contributed by atoms with Gasteiger partial charge in [0, 0.05) is 23.0 Å². The number of aromatic nitrogens is 2. The molecule has 0 saturated heterocycles. The highest BCUT2D eigenvalue weighted by atomic mass is 35.5. The molecule has 2 amide bonds. The predicted molar refractivity (Wildman–Crippen MR) is 106 cm³/mol.